The van der Waals surface area contributed by atoms with Gasteiger partial charge in [-0.1, -0.05) is 50.5 Å². The predicted octanol–water partition coefficient (Wildman–Crippen LogP) is 5.15. The monoisotopic (exact) mass is 670 g/mol. The van der Waals surface area contributed by atoms with Gasteiger partial charge in [0.15, 0.2) is 11.6 Å². The summed E-state index contributed by atoms with van der Waals surface area (Å²) in [5.41, 5.74) is 0.222. The van der Waals surface area contributed by atoms with Crippen molar-refractivity contribution in [3.8, 4) is 5.75 Å². The quantitative estimate of drug-likeness (QED) is 0.334. The molecule has 3 saturated heterocycles. The van der Waals surface area contributed by atoms with E-state index in [9.17, 15) is 24.9 Å². The van der Waals surface area contributed by atoms with Crippen LogP contribution < -0.4 is 0 Å². The minimum atomic E-state index is -1.89. The molecule has 0 radical (unpaired) electrons. The molecule has 11 heteroatoms. The van der Waals surface area contributed by atoms with Crippen LogP contribution in [-0.2, 0) is 33.3 Å². The van der Waals surface area contributed by atoms with Gasteiger partial charge in [0.2, 0.25) is 0 Å². The number of cyclic esters (lactones) is 1. The van der Waals surface area contributed by atoms with Crippen LogP contribution in [0.25, 0.3) is 0 Å². The van der Waals surface area contributed by atoms with Crippen LogP contribution in [0.2, 0.25) is 0 Å². The molecule has 1 aromatic carbocycles. The number of hydrogen-bond donors (Lipinski definition) is 3. The fourth-order valence-electron chi connectivity index (χ4n) is 7.00. The summed E-state index contributed by atoms with van der Waals surface area (Å²) in [6.07, 6.45) is -2.41. The number of carbonyl (C=O) groups is 2. The number of fused-ring (bicyclic) bond motifs is 2. The van der Waals surface area contributed by atoms with Crippen molar-refractivity contribution < 1.29 is 48.6 Å². The Kier molecular flexibility index (Phi) is 10.3. The number of methoxy groups -OCH3 is 1. The average Bonchev–Trinajstić information content (AvgIpc) is 2.90. The van der Waals surface area contributed by atoms with Gasteiger partial charge in [-0.3, -0.25) is 9.59 Å². The zero-order valence-electron chi connectivity index (χ0n) is 26.2. The maximum atomic E-state index is 13.2. The van der Waals surface area contributed by atoms with E-state index >= 15 is 0 Å². The lowest BCUT2D eigenvalue weighted by Gasteiger charge is -2.61. The number of hydrogen-bond acceptors (Lipinski definition) is 10. The van der Waals surface area contributed by atoms with E-state index in [1.165, 1.54) is 6.92 Å². The van der Waals surface area contributed by atoms with E-state index in [0.717, 1.165) is 10.0 Å². The third kappa shape index (κ3) is 7.07. The van der Waals surface area contributed by atoms with Crippen LogP contribution in [0.3, 0.4) is 0 Å². The molecule has 1 aromatic rings. The Morgan fingerprint density at radius 3 is 2.44 bits per heavy atom. The number of aromatic hydroxyl groups is 1. The van der Waals surface area contributed by atoms with Crippen molar-refractivity contribution in [2.45, 2.75) is 122 Å². The third-order valence-corrected chi connectivity index (χ3v) is 10.5. The zero-order valence-corrected chi connectivity index (χ0v) is 27.8. The lowest BCUT2D eigenvalue weighted by atomic mass is 9.66. The lowest BCUT2D eigenvalue weighted by Crippen LogP contribution is -2.68. The number of carbonyl (C=O) groups excluding carboxylic acids is 2. The number of esters is 2. The van der Waals surface area contributed by atoms with Gasteiger partial charge in [0.1, 0.15) is 18.0 Å². The van der Waals surface area contributed by atoms with Gasteiger partial charge in [0.05, 0.1) is 31.2 Å². The first-order valence-corrected chi connectivity index (χ1v) is 16.0. The van der Waals surface area contributed by atoms with Crippen LogP contribution in [0.1, 0.15) is 91.7 Å². The number of phenolic OH excluding ortho intramolecular Hbond substituents is 1. The normalized spacial score (nSPS) is 36.7. The van der Waals surface area contributed by atoms with Gasteiger partial charge in [-0.15, -0.1) is 0 Å². The third-order valence-electron chi connectivity index (χ3n) is 9.79. The molecule has 10 atom stereocenters. The molecule has 0 aliphatic carbocycles. The molecule has 242 valence electrons. The van der Waals surface area contributed by atoms with Crippen molar-refractivity contribution in [2.24, 2.45) is 23.2 Å². The van der Waals surface area contributed by atoms with E-state index in [-0.39, 0.29) is 36.5 Å². The van der Waals surface area contributed by atoms with Crippen molar-refractivity contribution >= 4 is 27.9 Å². The van der Waals surface area contributed by atoms with Gasteiger partial charge in [-0.05, 0) is 55.9 Å². The lowest BCUT2D eigenvalue weighted by molar-refractivity contribution is -0.452. The highest BCUT2D eigenvalue weighted by Gasteiger charge is 2.64. The maximum Gasteiger partial charge on any atom is 0.311 e. The van der Waals surface area contributed by atoms with Crippen LogP contribution in [-0.4, -0.2) is 70.4 Å². The van der Waals surface area contributed by atoms with E-state index in [2.05, 4.69) is 22.9 Å². The number of aliphatic hydroxyl groups excluding tert-OH is 1. The highest BCUT2D eigenvalue weighted by molar-refractivity contribution is 9.10. The van der Waals surface area contributed by atoms with Gasteiger partial charge in [0.25, 0.3) is 0 Å². The molecule has 3 N–H and O–H groups in total. The Labute approximate surface area is 262 Å². The van der Waals surface area contributed by atoms with E-state index < -0.39 is 65.7 Å². The maximum absolute atomic E-state index is 13.2. The second-order valence-electron chi connectivity index (χ2n) is 13.5. The predicted molar refractivity (Wildman–Crippen MR) is 160 cm³/mol. The number of phenols is 1. The summed E-state index contributed by atoms with van der Waals surface area (Å²) in [7, 11) is 1.63. The summed E-state index contributed by atoms with van der Waals surface area (Å²) >= 11 is 3.56. The second kappa shape index (κ2) is 12.9. The summed E-state index contributed by atoms with van der Waals surface area (Å²) in [5, 5.41) is 32.1. The molecule has 0 aromatic heterocycles. The molecule has 7 unspecified atom stereocenters. The van der Waals surface area contributed by atoms with E-state index in [1.54, 1.807) is 25.3 Å². The number of halogens is 1. The fourth-order valence-corrected chi connectivity index (χ4v) is 7.51. The number of aliphatic hydroxyl groups is 2. The Bertz CT molecular complexity index is 1170. The van der Waals surface area contributed by atoms with Crippen LogP contribution in [0, 0.1) is 23.2 Å². The first-order valence-electron chi connectivity index (χ1n) is 15.2. The van der Waals surface area contributed by atoms with E-state index in [4.69, 9.17) is 23.7 Å². The highest BCUT2D eigenvalue weighted by atomic mass is 79.9. The molecular formula is C32H47BrO10. The molecule has 3 aliphatic rings. The van der Waals surface area contributed by atoms with Crippen molar-refractivity contribution in [3.63, 3.8) is 0 Å². The molecular weight excluding hydrogens is 624 g/mol. The van der Waals surface area contributed by atoms with E-state index in [1.807, 2.05) is 27.7 Å². The molecule has 3 fully saturated rings. The summed E-state index contributed by atoms with van der Waals surface area (Å²) in [6.45, 7) is 11.3. The summed E-state index contributed by atoms with van der Waals surface area (Å²) in [5.74, 6) is -5.20. The standard InChI is InChI=1S/C32H47BrO10/c1-17(8-11-24(39-7)22-12-21(35)9-10-23(22)33)29-19(3)26-15-32(42-29)30(5,6)14-18(2)31(38,43-32)16-28(37)40-25(20(4)34)13-27(36)41-26/h9-10,12,17-20,24-26,29,34-35,38H,8,11,13-16H2,1-7H3/t17?,18-,19?,20?,24?,25?,26?,29?,31+,32-/m1/s1. The first kappa shape index (κ1) is 34.1. The summed E-state index contributed by atoms with van der Waals surface area (Å²) in [4.78, 5) is 26.1. The fraction of sp³-hybridized carbons (Fsp3) is 0.750. The van der Waals surface area contributed by atoms with Crippen LogP contribution >= 0.6 is 15.9 Å². The average molecular weight is 672 g/mol. The van der Waals surface area contributed by atoms with Crippen molar-refractivity contribution in [1.29, 1.82) is 0 Å². The number of rotatable bonds is 7. The topological polar surface area (TPSA) is 141 Å². The summed E-state index contributed by atoms with van der Waals surface area (Å²) < 4.78 is 31.6. The SMILES string of the molecule is COC(CCC(C)C1O[C@]23CC(OC(=O)CC(C(C)O)OC(=O)C[C@](O)(O2)[C@H](C)CC3(C)C)C1C)c1cc(O)ccc1Br. The molecule has 3 bridgehead atoms. The van der Waals surface area contributed by atoms with Gasteiger partial charge in [-0.2, -0.15) is 0 Å². The molecule has 4 rings (SSSR count). The van der Waals surface area contributed by atoms with Gasteiger partial charge < -0.3 is 39.0 Å². The molecule has 0 saturated carbocycles. The van der Waals surface area contributed by atoms with Crippen LogP contribution in [0.5, 0.6) is 5.75 Å². The van der Waals surface area contributed by atoms with Crippen LogP contribution in [0.4, 0.5) is 0 Å². The Morgan fingerprint density at radius 2 is 1.79 bits per heavy atom. The zero-order chi connectivity index (χ0) is 31.9. The van der Waals surface area contributed by atoms with Gasteiger partial charge in [-0.25, -0.2) is 0 Å². The van der Waals surface area contributed by atoms with Gasteiger partial charge in [0, 0.05) is 35.3 Å². The minimum absolute atomic E-state index is 0.0583. The molecule has 1 spiro atoms. The van der Waals surface area contributed by atoms with Crippen LogP contribution in [0.15, 0.2) is 22.7 Å². The van der Waals surface area contributed by atoms with Crippen molar-refractivity contribution in [3.05, 3.63) is 28.2 Å². The van der Waals surface area contributed by atoms with Crippen molar-refractivity contribution in [2.75, 3.05) is 7.11 Å². The Hall–Kier alpha value is -1.76. The minimum Gasteiger partial charge on any atom is -0.508 e. The van der Waals surface area contributed by atoms with Crippen molar-refractivity contribution in [1.82, 2.24) is 0 Å². The Morgan fingerprint density at radius 1 is 1.09 bits per heavy atom. The number of ether oxygens (including phenoxy) is 5. The molecule has 43 heavy (non-hydrogen) atoms. The highest BCUT2D eigenvalue weighted by Crippen LogP contribution is 2.57. The van der Waals surface area contributed by atoms with Gasteiger partial charge >= 0.3 is 11.9 Å². The molecule has 3 heterocycles. The van der Waals surface area contributed by atoms with E-state index in [0.29, 0.717) is 19.3 Å². The summed E-state index contributed by atoms with van der Waals surface area (Å²) in [6, 6.07) is 5.08. The Balaban J connectivity index is 1.67. The molecule has 3 aliphatic heterocycles. The largest absolute Gasteiger partial charge is 0.508 e. The number of benzene rings is 1. The second-order valence-corrected chi connectivity index (χ2v) is 14.4. The smallest absolute Gasteiger partial charge is 0.311 e. The molecule has 10 nitrogen and oxygen atoms in total. The molecule has 0 amide bonds. The first-order chi connectivity index (χ1) is 20.0.